The second kappa shape index (κ2) is 4.80. The van der Waals surface area contributed by atoms with E-state index in [1.54, 1.807) is 19.2 Å². The molecule has 1 heterocycles. The maximum atomic E-state index is 11.3. The molecule has 1 N–H and O–H groups in total. The molecule has 0 radical (unpaired) electrons. The monoisotopic (exact) mass is 295 g/mol. The number of hydrogen-bond acceptors (Lipinski definition) is 4. The highest BCUT2D eigenvalue weighted by atomic mass is 16.6. The number of benzene rings is 1. The van der Waals surface area contributed by atoms with Crippen molar-refractivity contribution < 1.29 is 4.92 Å². The molecule has 2 aliphatic rings. The molecule has 2 aliphatic carbocycles. The minimum absolute atomic E-state index is 0.0967. The number of pyridine rings is 1. The van der Waals surface area contributed by atoms with Crippen LogP contribution in [0, 0.1) is 23.0 Å². The SMILES string of the molecule is Cc1ccnc(NC2C3CCc4ccccc4C32)c1[N+](=O)[O-]. The summed E-state index contributed by atoms with van der Waals surface area (Å²) < 4.78 is 0. The number of nitrogens with one attached hydrogen (secondary N) is 1. The Bertz CT molecular complexity index is 759. The van der Waals surface area contributed by atoms with Gasteiger partial charge in [-0.2, -0.15) is 0 Å². The lowest BCUT2D eigenvalue weighted by atomic mass is 9.92. The van der Waals surface area contributed by atoms with E-state index in [1.807, 2.05) is 0 Å². The van der Waals surface area contributed by atoms with Crippen molar-refractivity contribution in [3.63, 3.8) is 0 Å². The molecule has 1 aromatic carbocycles. The molecule has 0 bridgehead atoms. The number of fused-ring (bicyclic) bond motifs is 3. The average molecular weight is 295 g/mol. The lowest BCUT2D eigenvalue weighted by Gasteiger charge is -2.13. The van der Waals surface area contributed by atoms with Crippen LogP contribution in [-0.4, -0.2) is 15.9 Å². The Morgan fingerprint density at radius 2 is 2.14 bits per heavy atom. The minimum Gasteiger partial charge on any atom is -0.361 e. The summed E-state index contributed by atoms with van der Waals surface area (Å²) in [5.41, 5.74) is 3.55. The summed E-state index contributed by atoms with van der Waals surface area (Å²) in [6.07, 6.45) is 3.86. The van der Waals surface area contributed by atoms with Crippen molar-refractivity contribution in [1.82, 2.24) is 4.98 Å². The predicted molar refractivity (Wildman–Crippen MR) is 84.0 cm³/mol. The lowest BCUT2D eigenvalue weighted by Crippen LogP contribution is -2.10. The van der Waals surface area contributed by atoms with Gasteiger partial charge in [0.1, 0.15) is 0 Å². The van der Waals surface area contributed by atoms with E-state index >= 15 is 0 Å². The summed E-state index contributed by atoms with van der Waals surface area (Å²) in [6, 6.07) is 10.5. The summed E-state index contributed by atoms with van der Waals surface area (Å²) in [4.78, 5) is 15.1. The third kappa shape index (κ3) is 1.96. The van der Waals surface area contributed by atoms with Crippen LogP contribution in [0.2, 0.25) is 0 Å². The van der Waals surface area contributed by atoms with Gasteiger partial charge in [0.2, 0.25) is 5.82 Å². The van der Waals surface area contributed by atoms with Crippen molar-refractivity contribution in [2.24, 2.45) is 5.92 Å². The van der Waals surface area contributed by atoms with Crippen LogP contribution in [0.1, 0.15) is 29.0 Å². The lowest BCUT2D eigenvalue weighted by molar-refractivity contribution is -0.384. The number of hydrogen-bond donors (Lipinski definition) is 1. The molecule has 4 rings (SSSR count). The van der Waals surface area contributed by atoms with Gasteiger partial charge in [-0.1, -0.05) is 24.3 Å². The Labute approximate surface area is 128 Å². The van der Waals surface area contributed by atoms with E-state index in [0.717, 1.165) is 12.8 Å². The van der Waals surface area contributed by atoms with Gasteiger partial charge in [0.25, 0.3) is 0 Å². The molecule has 5 nitrogen and oxygen atoms in total. The summed E-state index contributed by atoms with van der Waals surface area (Å²) in [5.74, 6) is 1.44. The Kier molecular flexibility index (Phi) is 2.89. The van der Waals surface area contributed by atoms with Crippen LogP contribution in [-0.2, 0) is 6.42 Å². The van der Waals surface area contributed by atoms with Gasteiger partial charge in [-0.05, 0) is 42.9 Å². The Balaban J connectivity index is 1.63. The fourth-order valence-electron chi connectivity index (χ4n) is 3.81. The van der Waals surface area contributed by atoms with E-state index in [1.165, 1.54) is 11.1 Å². The molecule has 0 aliphatic heterocycles. The van der Waals surface area contributed by atoms with Crippen LogP contribution in [0.15, 0.2) is 36.5 Å². The second-order valence-corrected chi connectivity index (χ2v) is 6.18. The van der Waals surface area contributed by atoms with Gasteiger partial charge in [0.05, 0.1) is 4.92 Å². The molecule has 0 amide bonds. The molecule has 5 heteroatoms. The molecular formula is C17H17N3O2. The zero-order valence-corrected chi connectivity index (χ0v) is 12.3. The number of nitrogens with zero attached hydrogens (tertiary/aromatic N) is 2. The van der Waals surface area contributed by atoms with Crippen LogP contribution in [0.4, 0.5) is 11.5 Å². The van der Waals surface area contributed by atoms with Crippen LogP contribution >= 0.6 is 0 Å². The molecule has 2 aromatic rings. The molecule has 22 heavy (non-hydrogen) atoms. The molecule has 0 spiro atoms. The Hall–Kier alpha value is -2.43. The fourth-order valence-corrected chi connectivity index (χ4v) is 3.81. The van der Waals surface area contributed by atoms with E-state index in [-0.39, 0.29) is 16.7 Å². The number of nitro groups is 1. The van der Waals surface area contributed by atoms with E-state index in [2.05, 4.69) is 34.6 Å². The first kappa shape index (κ1) is 13.2. The summed E-state index contributed by atoms with van der Waals surface area (Å²) in [6.45, 7) is 1.75. The zero-order chi connectivity index (χ0) is 15.3. The van der Waals surface area contributed by atoms with Gasteiger partial charge in [-0.15, -0.1) is 0 Å². The largest absolute Gasteiger partial charge is 0.361 e. The first-order chi connectivity index (χ1) is 10.7. The van der Waals surface area contributed by atoms with Crippen molar-refractivity contribution >= 4 is 11.5 Å². The topological polar surface area (TPSA) is 68.1 Å². The molecule has 1 saturated carbocycles. The highest BCUT2D eigenvalue weighted by Gasteiger charge is 2.53. The molecule has 1 aromatic heterocycles. The van der Waals surface area contributed by atoms with Gasteiger partial charge in [-0.25, -0.2) is 4.98 Å². The first-order valence-corrected chi connectivity index (χ1v) is 7.61. The molecule has 3 unspecified atom stereocenters. The third-order valence-corrected chi connectivity index (χ3v) is 4.94. The van der Waals surface area contributed by atoms with E-state index < -0.39 is 0 Å². The minimum atomic E-state index is -0.343. The summed E-state index contributed by atoms with van der Waals surface area (Å²) >= 11 is 0. The second-order valence-electron chi connectivity index (χ2n) is 6.18. The fraction of sp³-hybridized carbons (Fsp3) is 0.353. The van der Waals surface area contributed by atoms with Crippen molar-refractivity contribution in [2.45, 2.75) is 31.7 Å². The van der Waals surface area contributed by atoms with Crippen LogP contribution in [0.3, 0.4) is 0 Å². The maximum Gasteiger partial charge on any atom is 0.314 e. The molecule has 112 valence electrons. The smallest absolute Gasteiger partial charge is 0.314 e. The van der Waals surface area contributed by atoms with E-state index in [9.17, 15) is 10.1 Å². The molecule has 1 fully saturated rings. The number of anilines is 1. The Morgan fingerprint density at radius 3 is 2.95 bits per heavy atom. The highest BCUT2D eigenvalue weighted by molar-refractivity contribution is 5.62. The number of aromatic nitrogens is 1. The van der Waals surface area contributed by atoms with Crippen LogP contribution < -0.4 is 5.32 Å². The van der Waals surface area contributed by atoms with Crippen molar-refractivity contribution in [3.8, 4) is 0 Å². The summed E-state index contributed by atoms with van der Waals surface area (Å²) in [7, 11) is 0. The van der Waals surface area contributed by atoms with Gasteiger partial charge < -0.3 is 5.32 Å². The standard InChI is InChI=1S/C17H17N3O2/c1-10-8-9-18-17(16(10)20(21)22)19-15-13-7-6-11-4-2-3-5-12(11)14(13)15/h2-5,8-9,13-15H,6-7H2,1H3,(H,18,19). The van der Waals surface area contributed by atoms with Crippen molar-refractivity contribution in [1.29, 1.82) is 0 Å². The average Bonchev–Trinajstić information content (AvgIpc) is 3.20. The van der Waals surface area contributed by atoms with Crippen molar-refractivity contribution in [2.75, 3.05) is 5.32 Å². The highest BCUT2D eigenvalue weighted by Crippen LogP contribution is 2.56. The van der Waals surface area contributed by atoms with Crippen LogP contribution in [0.5, 0.6) is 0 Å². The van der Waals surface area contributed by atoms with Gasteiger partial charge in [-0.3, -0.25) is 10.1 Å². The Morgan fingerprint density at radius 1 is 1.32 bits per heavy atom. The number of rotatable bonds is 3. The molecule has 0 saturated heterocycles. The number of aryl methyl sites for hydroxylation is 2. The first-order valence-electron chi connectivity index (χ1n) is 7.61. The van der Waals surface area contributed by atoms with Crippen LogP contribution in [0.25, 0.3) is 0 Å². The van der Waals surface area contributed by atoms with Crippen molar-refractivity contribution in [3.05, 3.63) is 63.3 Å². The van der Waals surface area contributed by atoms with E-state index in [0.29, 0.717) is 23.2 Å². The van der Waals surface area contributed by atoms with Gasteiger partial charge in [0.15, 0.2) is 0 Å². The zero-order valence-electron chi connectivity index (χ0n) is 12.3. The maximum absolute atomic E-state index is 11.3. The third-order valence-electron chi connectivity index (χ3n) is 4.94. The molecule has 3 atom stereocenters. The van der Waals surface area contributed by atoms with Gasteiger partial charge >= 0.3 is 5.69 Å². The normalized spacial score (nSPS) is 25.0. The summed E-state index contributed by atoms with van der Waals surface area (Å²) in [5, 5.41) is 14.6. The van der Waals surface area contributed by atoms with E-state index in [4.69, 9.17) is 0 Å². The van der Waals surface area contributed by atoms with Gasteiger partial charge in [0, 0.05) is 23.7 Å². The quantitative estimate of drug-likeness (QED) is 0.695. The molecular weight excluding hydrogens is 278 g/mol. The predicted octanol–water partition coefficient (Wildman–Crippen LogP) is 3.44.